The Bertz CT molecular complexity index is 1260. The lowest BCUT2D eigenvalue weighted by Crippen LogP contribution is -2.41. The highest BCUT2D eigenvalue weighted by atomic mass is 19.1. The van der Waals surface area contributed by atoms with Gasteiger partial charge in [-0.25, -0.2) is 13.9 Å². The Morgan fingerprint density at radius 2 is 1.94 bits per heavy atom. The van der Waals surface area contributed by atoms with Crippen LogP contribution in [0.15, 0.2) is 35.1 Å². The van der Waals surface area contributed by atoms with Crippen molar-refractivity contribution in [2.24, 2.45) is 5.92 Å². The fourth-order valence-electron chi connectivity index (χ4n) is 5.30. The summed E-state index contributed by atoms with van der Waals surface area (Å²) in [5.41, 5.74) is 4.05. The van der Waals surface area contributed by atoms with Crippen molar-refractivity contribution in [2.45, 2.75) is 57.7 Å². The topological polar surface area (TPSA) is 73.7 Å². The first-order valence-corrected chi connectivity index (χ1v) is 12.0. The van der Waals surface area contributed by atoms with Crippen LogP contribution in [0, 0.1) is 11.7 Å². The number of fused-ring (bicyclic) bond motifs is 2. The second kappa shape index (κ2) is 8.09. The number of amides is 1. The van der Waals surface area contributed by atoms with Gasteiger partial charge in [0.1, 0.15) is 5.82 Å². The normalized spacial score (nSPS) is 21.4. The van der Waals surface area contributed by atoms with Gasteiger partial charge in [-0.2, -0.15) is 0 Å². The molecule has 1 aromatic carbocycles. The molecule has 172 valence electrons. The molecule has 3 aromatic rings. The molecule has 2 aromatic heterocycles. The minimum atomic E-state index is -0.226. The van der Waals surface area contributed by atoms with E-state index in [0.29, 0.717) is 30.7 Å². The van der Waals surface area contributed by atoms with Crippen LogP contribution in [0.1, 0.15) is 60.7 Å². The number of H-pyrrole nitrogens is 1. The first-order chi connectivity index (χ1) is 16.1. The number of benzene rings is 1. The molecule has 3 aliphatic rings. The number of piperidine rings is 1. The summed E-state index contributed by atoms with van der Waals surface area (Å²) in [7, 11) is 0. The second-order valence-electron chi connectivity index (χ2n) is 9.64. The van der Waals surface area contributed by atoms with Crippen molar-refractivity contribution < 1.29 is 9.18 Å². The Morgan fingerprint density at radius 3 is 2.73 bits per heavy atom. The van der Waals surface area contributed by atoms with E-state index in [-0.39, 0.29) is 29.2 Å². The summed E-state index contributed by atoms with van der Waals surface area (Å²) in [4.78, 5) is 34.9. The highest BCUT2D eigenvalue weighted by Gasteiger charge is 2.36. The number of carbonyl (C=O) groups is 1. The number of rotatable bonds is 4. The summed E-state index contributed by atoms with van der Waals surface area (Å²) in [5.74, 6) is 0.105. The van der Waals surface area contributed by atoms with Gasteiger partial charge in [-0.05, 0) is 49.9 Å². The van der Waals surface area contributed by atoms with E-state index in [0.717, 1.165) is 62.1 Å². The Hall–Kier alpha value is -3.00. The lowest BCUT2D eigenvalue weighted by atomic mass is 9.98. The number of hydrogen-bond acceptors (Lipinski definition) is 4. The Morgan fingerprint density at radius 1 is 1.12 bits per heavy atom. The maximum absolute atomic E-state index is 13.3. The predicted molar refractivity (Wildman–Crippen MR) is 121 cm³/mol. The molecule has 1 N–H and O–H groups in total. The third-order valence-electron chi connectivity index (χ3n) is 7.29. The molecule has 1 aliphatic carbocycles. The zero-order valence-electron chi connectivity index (χ0n) is 18.6. The van der Waals surface area contributed by atoms with Gasteiger partial charge in [0.15, 0.2) is 5.65 Å². The van der Waals surface area contributed by atoms with Crippen LogP contribution < -0.4 is 5.56 Å². The molecule has 1 amide bonds. The molecule has 1 atom stereocenters. The van der Waals surface area contributed by atoms with Gasteiger partial charge in [-0.15, -0.1) is 0 Å². The Balaban J connectivity index is 1.30. The van der Waals surface area contributed by atoms with Crippen LogP contribution in [0.5, 0.6) is 0 Å². The molecule has 4 heterocycles. The fraction of sp³-hybridized carbons (Fsp3) is 0.480. The first kappa shape index (κ1) is 20.6. The van der Waals surface area contributed by atoms with Crippen molar-refractivity contribution in [1.82, 2.24) is 24.4 Å². The molecule has 0 radical (unpaired) electrons. The predicted octanol–water partition coefficient (Wildman–Crippen LogP) is 3.18. The van der Waals surface area contributed by atoms with Crippen molar-refractivity contribution in [3.8, 4) is 0 Å². The number of likely N-dealkylation sites (tertiary alicyclic amines) is 1. The molecule has 2 fully saturated rings. The van der Waals surface area contributed by atoms with Gasteiger partial charge in [0.25, 0.3) is 5.56 Å². The molecule has 2 aliphatic heterocycles. The molecule has 0 spiro atoms. The van der Waals surface area contributed by atoms with E-state index in [9.17, 15) is 14.0 Å². The molecule has 7 nitrogen and oxygen atoms in total. The Labute approximate surface area is 191 Å². The highest BCUT2D eigenvalue weighted by molar-refractivity contribution is 5.81. The van der Waals surface area contributed by atoms with E-state index < -0.39 is 0 Å². The number of halogens is 1. The molecular weight excluding hydrogens is 421 g/mol. The maximum atomic E-state index is 13.3. The molecule has 8 heteroatoms. The zero-order chi connectivity index (χ0) is 22.5. The van der Waals surface area contributed by atoms with E-state index in [4.69, 9.17) is 4.98 Å². The standard InChI is InChI=1S/C25H28FN5O2/c26-18-8-4-16(5-9-18)14-29-11-2-1-3-22(29)21-13-23-27-20-10-12-30(24(32)17-6-7-17)15-19(20)25(33)31(23)28-21/h4-5,8-9,13,17,22,28H,1-3,6-7,10-12,14-15H2. The maximum Gasteiger partial charge on any atom is 0.277 e. The number of hydrogen-bond donors (Lipinski definition) is 1. The monoisotopic (exact) mass is 449 g/mol. The highest BCUT2D eigenvalue weighted by Crippen LogP contribution is 2.33. The number of nitrogens with one attached hydrogen (secondary N) is 1. The van der Waals surface area contributed by atoms with E-state index in [2.05, 4.69) is 10.00 Å². The van der Waals surface area contributed by atoms with E-state index >= 15 is 0 Å². The lowest BCUT2D eigenvalue weighted by molar-refractivity contribution is -0.133. The average molecular weight is 450 g/mol. The SMILES string of the molecule is O=C(C1CC1)N1CCc2nc3cc(C4CCCCN4Cc4ccc(F)cc4)[nH]n3c(=O)c2C1. The molecule has 0 bridgehead atoms. The molecule has 6 rings (SSSR count). The van der Waals surface area contributed by atoms with Crippen LogP contribution in [-0.4, -0.2) is 43.4 Å². The van der Waals surface area contributed by atoms with Crippen molar-refractivity contribution >= 4 is 11.6 Å². The molecule has 1 saturated heterocycles. The van der Waals surface area contributed by atoms with Crippen LogP contribution in [-0.2, 0) is 24.3 Å². The molecule has 1 unspecified atom stereocenters. The van der Waals surface area contributed by atoms with Gasteiger partial charge < -0.3 is 4.90 Å². The number of nitrogens with zero attached hydrogens (tertiary/aromatic N) is 4. The molecular formula is C25H28FN5O2. The van der Waals surface area contributed by atoms with Gasteiger partial charge >= 0.3 is 0 Å². The average Bonchev–Trinajstić information content (AvgIpc) is 3.60. The van der Waals surface area contributed by atoms with Crippen molar-refractivity contribution in [3.63, 3.8) is 0 Å². The minimum absolute atomic E-state index is 0.101. The number of carbonyl (C=O) groups excluding carboxylic acids is 1. The van der Waals surface area contributed by atoms with Crippen molar-refractivity contribution in [2.75, 3.05) is 13.1 Å². The minimum Gasteiger partial charge on any atom is -0.337 e. The van der Waals surface area contributed by atoms with Crippen molar-refractivity contribution in [3.05, 3.63) is 69.0 Å². The smallest absolute Gasteiger partial charge is 0.277 e. The summed E-state index contributed by atoms with van der Waals surface area (Å²) in [5, 5.41) is 3.32. The van der Waals surface area contributed by atoms with Crippen LogP contribution in [0.3, 0.4) is 0 Å². The van der Waals surface area contributed by atoms with Crippen LogP contribution in [0.4, 0.5) is 4.39 Å². The van der Waals surface area contributed by atoms with E-state index in [1.807, 2.05) is 23.1 Å². The molecule has 1 saturated carbocycles. The van der Waals surface area contributed by atoms with Gasteiger partial charge in [-0.3, -0.25) is 19.6 Å². The largest absolute Gasteiger partial charge is 0.337 e. The zero-order valence-corrected chi connectivity index (χ0v) is 18.6. The summed E-state index contributed by atoms with van der Waals surface area (Å²) in [6.45, 7) is 2.68. The fourth-order valence-corrected chi connectivity index (χ4v) is 5.30. The van der Waals surface area contributed by atoms with Gasteiger partial charge in [-0.1, -0.05) is 18.6 Å². The third kappa shape index (κ3) is 3.86. The lowest BCUT2D eigenvalue weighted by Gasteiger charge is -2.35. The third-order valence-corrected chi connectivity index (χ3v) is 7.29. The van der Waals surface area contributed by atoms with E-state index in [1.54, 1.807) is 4.52 Å². The van der Waals surface area contributed by atoms with Gasteiger partial charge in [0, 0.05) is 31.5 Å². The summed E-state index contributed by atoms with van der Waals surface area (Å²) in [6.07, 6.45) is 5.79. The van der Waals surface area contributed by atoms with Gasteiger partial charge in [0.2, 0.25) is 5.91 Å². The molecule has 33 heavy (non-hydrogen) atoms. The quantitative estimate of drug-likeness (QED) is 0.664. The van der Waals surface area contributed by atoms with Gasteiger partial charge in [0.05, 0.1) is 29.5 Å². The number of aromatic nitrogens is 3. The van der Waals surface area contributed by atoms with Crippen molar-refractivity contribution in [1.29, 1.82) is 0 Å². The van der Waals surface area contributed by atoms with Crippen LogP contribution in [0.2, 0.25) is 0 Å². The van der Waals surface area contributed by atoms with E-state index in [1.165, 1.54) is 12.1 Å². The Kier molecular flexibility index (Phi) is 5.05. The number of aromatic amines is 1. The van der Waals surface area contributed by atoms with Crippen LogP contribution in [0.25, 0.3) is 5.65 Å². The summed E-state index contributed by atoms with van der Waals surface area (Å²) in [6, 6.07) is 8.82. The second-order valence-corrected chi connectivity index (χ2v) is 9.64. The summed E-state index contributed by atoms with van der Waals surface area (Å²) >= 11 is 0. The summed E-state index contributed by atoms with van der Waals surface area (Å²) < 4.78 is 14.9. The first-order valence-electron chi connectivity index (χ1n) is 12.0. The van der Waals surface area contributed by atoms with Crippen LogP contribution >= 0.6 is 0 Å².